The quantitative estimate of drug-likeness (QED) is 0.599. The van der Waals surface area contributed by atoms with Crippen LogP contribution >= 0.6 is 0 Å². The molecule has 30 heavy (non-hydrogen) atoms. The van der Waals surface area contributed by atoms with Crippen molar-refractivity contribution in [1.29, 1.82) is 0 Å². The van der Waals surface area contributed by atoms with Crippen LogP contribution in [0.3, 0.4) is 0 Å². The van der Waals surface area contributed by atoms with Gasteiger partial charge in [-0.05, 0) is 56.8 Å². The maximum absolute atomic E-state index is 12.7. The predicted molar refractivity (Wildman–Crippen MR) is 112 cm³/mol. The third kappa shape index (κ3) is 4.81. The van der Waals surface area contributed by atoms with Crippen molar-refractivity contribution in [3.8, 4) is 5.75 Å². The zero-order valence-corrected chi connectivity index (χ0v) is 17.3. The lowest BCUT2D eigenvalue weighted by atomic mass is 9.68. The third-order valence-corrected chi connectivity index (χ3v) is 6.66. The summed E-state index contributed by atoms with van der Waals surface area (Å²) in [5.41, 5.74) is 1.86. The van der Waals surface area contributed by atoms with Crippen molar-refractivity contribution < 1.29 is 18.3 Å². The fraction of sp³-hybridized carbons (Fsp3) is 0.542. The van der Waals surface area contributed by atoms with Crippen LogP contribution in [0.4, 0.5) is 8.78 Å². The highest BCUT2D eigenvalue weighted by Crippen LogP contribution is 2.49. The van der Waals surface area contributed by atoms with Crippen LogP contribution in [-0.2, 0) is 16.7 Å². The van der Waals surface area contributed by atoms with Gasteiger partial charge in [-0.3, -0.25) is 4.98 Å². The molecule has 2 fully saturated rings. The minimum atomic E-state index is -2.82. The lowest BCUT2D eigenvalue weighted by Gasteiger charge is -2.46. The zero-order chi connectivity index (χ0) is 20.9. The fourth-order valence-electron chi connectivity index (χ4n) is 5.21. The van der Waals surface area contributed by atoms with E-state index in [1.54, 1.807) is 12.1 Å². The Balaban J connectivity index is 1.44. The van der Waals surface area contributed by atoms with Crippen molar-refractivity contribution in [2.24, 2.45) is 0 Å². The molecule has 1 atom stereocenters. The first-order valence-electron chi connectivity index (χ1n) is 10.9. The molecule has 162 valence electrons. The molecule has 0 radical (unpaired) electrons. The topological polar surface area (TPSA) is 43.4 Å². The van der Waals surface area contributed by atoms with Gasteiger partial charge in [0.1, 0.15) is 5.75 Å². The Morgan fingerprint density at radius 2 is 1.87 bits per heavy atom. The number of alkyl halides is 2. The molecule has 0 bridgehead atoms. The number of aromatic nitrogens is 1. The predicted octanol–water partition coefficient (Wildman–Crippen LogP) is 5.22. The van der Waals surface area contributed by atoms with Crippen molar-refractivity contribution in [3.63, 3.8) is 0 Å². The van der Waals surface area contributed by atoms with E-state index in [4.69, 9.17) is 9.72 Å². The van der Waals surface area contributed by atoms with E-state index in [0.717, 1.165) is 56.5 Å². The Morgan fingerprint density at radius 1 is 1.07 bits per heavy atom. The largest absolute Gasteiger partial charge is 0.434 e. The number of ether oxygens (including phenoxy) is 2. The summed E-state index contributed by atoms with van der Waals surface area (Å²) in [6.07, 6.45) is 9.50. The Labute approximate surface area is 177 Å². The Morgan fingerprint density at radius 3 is 2.63 bits per heavy atom. The Kier molecular flexibility index (Phi) is 6.64. The van der Waals surface area contributed by atoms with Crippen LogP contribution in [0, 0.1) is 0 Å². The van der Waals surface area contributed by atoms with E-state index in [0.29, 0.717) is 6.54 Å². The van der Waals surface area contributed by atoms with Crippen molar-refractivity contribution in [1.82, 2.24) is 10.3 Å². The first-order valence-corrected chi connectivity index (χ1v) is 10.9. The van der Waals surface area contributed by atoms with Gasteiger partial charge >= 0.3 is 6.61 Å². The first kappa shape index (κ1) is 21.2. The van der Waals surface area contributed by atoms with E-state index >= 15 is 0 Å². The molecule has 1 spiro atoms. The number of para-hydroxylation sites is 1. The van der Waals surface area contributed by atoms with Crippen LogP contribution in [0.5, 0.6) is 5.75 Å². The van der Waals surface area contributed by atoms with Gasteiger partial charge in [0.15, 0.2) is 0 Å². The highest BCUT2D eigenvalue weighted by Gasteiger charge is 2.48. The van der Waals surface area contributed by atoms with Crippen LogP contribution in [0.1, 0.15) is 56.2 Å². The average Bonchev–Trinajstić information content (AvgIpc) is 3.20. The van der Waals surface area contributed by atoms with E-state index < -0.39 is 6.61 Å². The van der Waals surface area contributed by atoms with Crippen molar-refractivity contribution >= 4 is 0 Å². The molecule has 2 heterocycles. The monoisotopic (exact) mass is 416 g/mol. The van der Waals surface area contributed by atoms with Crippen LogP contribution in [0.15, 0.2) is 48.7 Å². The normalized spacial score (nSPS) is 23.2. The average molecular weight is 417 g/mol. The number of rotatable bonds is 8. The molecule has 1 saturated heterocycles. The molecule has 1 aromatic heterocycles. The van der Waals surface area contributed by atoms with Crippen LogP contribution in [0.2, 0.25) is 0 Å². The lowest BCUT2D eigenvalue weighted by Crippen LogP contribution is -2.47. The van der Waals surface area contributed by atoms with E-state index in [2.05, 4.69) is 22.2 Å². The molecular formula is C24H30F2N2O2. The number of hydrogen-bond acceptors (Lipinski definition) is 4. The number of pyridine rings is 1. The van der Waals surface area contributed by atoms with Gasteiger partial charge < -0.3 is 14.8 Å². The molecule has 1 aliphatic heterocycles. The molecule has 6 heteroatoms. The first-order chi connectivity index (χ1) is 14.6. The van der Waals surface area contributed by atoms with E-state index in [1.807, 2.05) is 24.4 Å². The number of hydrogen-bond donors (Lipinski definition) is 1. The van der Waals surface area contributed by atoms with Crippen molar-refractivity contribution in [2.45, 2.75) is 69.1 Å². The van der Waals surface area contributed by atoms with E-state index in [9.17, 15) is 8.78 Å². The lowest BCUT2D eigenvalue weighted by molar-refractivity contribution is -0.104. The minimum Gasteiger partial charge on any atom is -0.434 e. The summed E-state index contributed by atoms with van der Waals surface area (Å²) < 4.78 is 36.2. The maximum atomic E-state index is 12.7. The molecule has 2 aliphatic rings. The second-order valence-corrected chi connectivity index (χ2v) is 8.57. The summed E-state index contributed by atoms with van der Waals surface area (Å²) in [4.78, 5) is 4.73. The number of nitrogens with one attached hydrogen (secondary N) is 1. The summed E-state index contributed by atoms with van der Waals surface area (Å²) >= 11 is 0. The molecule has 1 aromatic carbocycles. The van der Waals surface area contributed by atoms with Crippen molar-refractivity contribution in [2.75, 3.05) is 13.2 Å². The van der Waals surface area contributed by atoms with Gasteiger partial charge in [0, 0.05) is 36.0 Å². The molecule has 1 saturated carbocycles. The van der Waals surface area contributed by atoms with Gasteiger partial charge in [-0.25, -0.2) is 0 Å². The summed E-state index contributed by atoms with van der Waals surface area (Å²) in [5, 5.41) is 3.44. The van der Waals surface area contributed by atoms with Gasteiger partial charge in [-0.15, -0.1) is 0 Å². The standard InChI is InChI=1S/C24H30F2N2O2/c25-22(26)30-20-8-2-1-7-19(20)17-27-15-12-23(21-9-3-6-14-28-21)13-16-29-24(18-23)10-4-5-11-24/h1-3,6-9,14,22,27H,4-5,10-13,15-18H2. The van der Waals surface area contributed by atoms with Gasteiger partial charge in [-0.2, -0.15) is 8.78 Å². The molecule has 1 unspecified atom stereocenters. The highest BCUT2D eigenvalue weighted by atomic mass is 19.3. The molecule has 0 amide bonds. The molecule has 2 aromatic rings. The zero-order valence-electron chi connectivity index (χ0n) is 17.3. The fourth-order valence-corrected chi connectivity index (χ4v) is 5.21. The molecule has 1 aliphatic carbocycles. The molecule has 4 rings (SSSR count). The summed E-state index contributed by atoms with van der Waals surface area (Å²) in [6.45, 7) is -0.788. The maximum Gasteiger partial charge on any atom is 0.387 e. The summed E-state index contributed by atoms with van der Waals surface area (Å²) in [5.74, 6) is 0.232. The number of halogens is 2. The number of nitrogens with zero attached hydrogens (tertiary/aromatic N) is 1. The highest BCUT2D eigenvalue weighted by molar-refractivity contribution is 5.33. The second-order valence-electron chi connectivity index (χ2n) is 8.57. The number of benzene rings is 1. The molecule has 4 nitrogen and oxygen atoms in total. The Hall–Kier alpha value is -2.05. The Bertz CT molecular complexity index is 812. The van der Waals surface area contributed by atoms with Gasteiger partial charge in [0.2, 0.25) is 0 Å². The third-order valence-electron chi connectivity index (χ3n) is 6.66. The molecular weight excluding hydrogens is 386 g/mol. The van der Waals surface area contributed by atoms with Gasteiger partial charge in [0.05, 0.1) is 5.60 Å². The molecule has 1 N–H and O–H groups in total. The summed E-state index contributed by atoms with van der Waals surface area (Å²) in [6, 6.07) is 13.1. The van der Waals surface area contributed by atoms with E-state index in [-0.39, 0.29) is 16.8 Å². The van der Waals surface area contributed by atoms with Crippen LogP contribution in [0.25, 0.3) is 0 Å². The van der Waals surface area contributed by atoms with Crippen LogP contribution < -0.4 is 10.1 Å². The minimum absolute atomic E-state index is 0.00647. The van der Waals surface area contributed by atoms with Crippen LogP contribution in [-0.4, -0.2) is 30.3 Å². The van der Waals surface area contributed by atoms with Crippen molar-refractivity contribution in [3.05, 3.63) is 59.9 Å². The summed E-state index contributed by atoms with van der Waals surface area (Å²) in [7, 11) is 0. The second kappa shape index (κ2) is 9.40. The van der Waals surface area contributed by atoms with Gasteiger partial charge in [-0.1, -0.05) is 37.1 Å². The van der Waals surface area contributed by atoms with Gasteiger partial charge in [0.25, 0.3) is 0 Å². The smallest absolute Gasteiger partial charge is 0.387 e. The SMILES string of the molecule is FC(F)Oc1ccccc1CNCCC1(c2ccccn2)CCOC2(CCCC2)C1. The van der Waals surface area contributed by atoms with E-state index in [1.165, 1.54) is 12.8 Å².